The van der Waals surface area contributed by atoms with Gasteiger partial charge in [-0.3, -0.25) is 4.79 Å². The van der Waals surface area contributed by atoms with Crippen molar-refractivity contribution in [2.45, 2.75) is 43.6 Å². The largest absolute Gasteiger partial charge is 0.497 e. The first-order valence-corrected chi connectivity index (χ1v) is 13.7. The van der Waals surface area contributed by atoms with E-state index in [1.165, 1.54) is 24.3 Å². The number of methoxy groups -OCH3 is 1. The molecule has 0 unspecified atom stereocenters. The van der Waals surface area contributed by atoms with Crippen LogP contribution in [0.2, 0.25) is 0 Å². The Morgan fingerprint density at radius 1 is 1.13 bits per heavy atom. The summed E-state index contributed by atoms with van der Waals surface area (Å²) >= 11 is 0. The Morgan fingerprint density at radius 2 is 1.85 bits per heavy atom. The van der Waals surface area contributed by atoms with Crippen LogP contribution in [0.3, 0.4) is 0 Å². The number of amides is 3. The first-order valence-electron chi connectivity index (χ1n) is 13.7. The molecular formula is C30H35FN4O4. The monoisotopic (exact) mass is 534 g/mol. The van der Waals surface area contributed by atoms with E-state index in [9.17, 15) is 19.1 Å². The molecule has 2 aliphatic heterocycles. The summed E-state index contributed by atoms with van der Waals surface area (Å²) in [6, 6.07) is 10.8. The third-order valence-electron chi connectivity index (χ3n) is 8.91. The molecule has 1 spiro atoms. The third-order valence-corrected chi connectivity index (χ3v) is 8.91. The van der Waals surface area contributed by atoms with Gasteiger partial charge in [0, 0.05) is 61.4 Å². The molecule has 3 amide bonds. The Labute approximate surface area is 227 Å². The van der Waals surface area contributed by atoms with Crippen molar-refractivity contribution in [3.63, 3.8) is 0 Å². The van der Waals surface area contributed by atoms with Gasteiger partial charge in [-0.05, 0) is 73.6 Å². The summed E-state index contributed by atoms with van der Waals surface area (Å²) in [7, 11) is 3.60. The van der Waals surface area contributed by atoms with Crippen LogP contribution >= 0.6 is 0 Å². The van der Waals surface area contributed by atoms with E-state index in [0.717, 1.165) is 53.6 Å². The number of hydrogen-bond donors (Lipinski definition) is 2. The molecule has 2 fully saturated rings. The molecule has 0 radical (unpaired) electrons. The second-order valence-electron chi connectivity index (χ2n) is 11.3. The van der Waals surface area contributed by atoms with Gasteiger partial charge < -0.3 is 29.5 Å². The van der Waals surface area contributed by atoms with E-state index < -0.39 is 6.04 Å². The van der Waals surface area contributed by atoms with Gasteiger partial charge in [-0.1, -0.05) is 0 Å². The number of aliphatic hydroxyl groups is 1. The number of hydrogen-bond acceptors (Lipinski definition) is 4. The number of urea groups is 1. The maximum atomic E-state index is 13.7. The standard InChI is InChI=1S/C30H35FN4O4/c1-33-24-16-22(39-2)9-10-23(24)27-28(33)25(17-36)35(29(38)32-21-7-5-20(31)6-8-21)18-30(27)11-13-34(14-12-30)26(37)15-19-3-4-19/h5-10,16,19,25,36H,3-4,11-15,17-18H2,1-2H3,(H,32,38)/t25-/m1/s1. The quantitative estimate of drug-likeness (QED) is 0.502. The molecule has 1 saturated heterocycles. The lowest BCUT2D eigenvalue weighted by molar-refractivity contribution is -0.133. The third kappa shape index (κ3) is 4.52. The Hall–Kier alpha value is -3.59. The summed E-state index contributed by atoms with van der Waals surface area (Å²) in [5.41, 5.74) is 3.14. The average Bonchev–Trinajstić information content (AvgIpc) is 3.72. The second kappa shape index (κ2) is 9.86. The molecule has 39 heavy (non-hydrogen) atoms. The lowest BCUT2D eigenvalue weighted by Crippen LogP contribution is -2.56. The summed E-state index contributed by atoms with van der Waals surface area (Å²) in [5.74, 6) is 1.13. The van der Waals surface area contributed by atoms with E-state index >= 15 is 0 Å². The van der Waals surface area contributed by atoms with Crippen molar-refractivity contribution < 1.29 is 23.8 Å². The number of nitrogens with zero attached hydrogens (tertiary/aromatic N) is 3. The summed E-state index contributed by atoms with van der Waals surface area (Å²) < 4.78 is 21.0. The summed E-state index contributed by atoms with van der Waals surface area (Å²) in [6.07, 6.45) is 4.37. The Bertz CT molecular complexity index is 1410. The topological polar surface area (TPSA) is 87.0 Å². The van der Waals surface area contributed by atoms with Crippen LogP contribution in [0.15, 0.2) is 42.5 Å². The number of fused-ring (bicyclic) bond motifs is 4. The van der Waals surface area contributed by atoms with Crippen LogP contribution in [0.4, 0.5) is 14.9 Å². The number of piperidine rings is 1. The molecule has 1 atom stereocenters. The van der Waals surface area contributed by atoms with E-state index in [4.69, 9.17) is 4.74 Å². The van der Waals surface area contributed by atoms with Crippen LogP contribution in [0.25, 0.3) is 10.9 Å². The molecule has 6 rings (SSSR count). The normalized spacial score (nSPS) is 20.3. The number of halogens is 1. The van der Waals surface area contributed by atoms with E-state index in [1.54, 1.807) is 12.0 Å². The van der Waals surface area contributed by atoms with Crippen LogP contribution in [0, 0.1) is 11.7 Å². The predicted molar refractivity (Wildman–Crippen MR) is 146 cm³/mol. The number of carbonyl (C=O) groups is 2. The van der Waals surface area contributed by atoms with Gasteiger partial charge in [-0.2, -0.15) is 0 Å². The molecular weight excluding hydrogens is 499 g/mol. The molecule has 9 heteroatoms. The van der Waals surface area contributed by atoms with Gasteiger partial charge in [-0.25, -0.2) is 9.18 Å². The highest BCUT2D eigenvalue weighted by atomic mass is 19.1. The number of aliphatic hydroxyl groups excluding tert-OH is 1. The highest BCUT2D eigenvalue weighted by Crippen LogP contribution is 2.50. The zero-order valence-corrected chi connectivity index (χ0v) is 22.5. The number of benzene rings is 2. The Balaban J connectivity index is 1.40. The van der Waals surface area contributed by atoms with Gasteiger partial charge in [0.2, 0.25) is 5.91 Å². The van der Waals surface area contributed by atoms with Crippen molar-refractivity contribution in [2.75, 3.05) is 38.7 Å². The van der Waals surface area contributed by atoms with Crippen molar-refractivity contribution in [3.8, 4) is 5.75 Å². The lowest BCUT2D eigenvalue weighted by Gasteiger charge is -2.50. The Morgan fingerprint density at radius 3 is 2.49 bits per heavy atom. The molecule has 3 aromatic rings. The molecule has 2 aromatic carbocycles. The molecule has 1 aliphatic carbocycles. The van der Waals surface area contributed by atoms with Gasteiger partial charge in [0.05, 0.1) is 25.3 Å². The second-order valence-corrected chi connectivity index (χ2v) is 11.3. The number of aromatic nitrogens is 1. The molecule has 1 saturated carbocycles. The zero-order chi connectivity index (χ0) is 27.3. The number of nitrogens with one attached hydrogen (secondary N) is 1. The minimum Gasteiger partial charge on any atom is -0.497 e. The number of carbonyl (C=O) groups excluding carboxylic acids is 2. The maximum absolute atomic E-state index is 13.7. The predicted octanol–water partition coefficient (Wildman–Crippen LogP) is 4.57. The van der Waals surface area contributed by atoms with E-state index in [2.05, 4.69) is 16.0 Å². The zero-order valence-electron chi connectivity index (χ0n) is 22.5. The summed E-state index contributed by atoms with van der Waals surface area (Å²) in [6.45, 7) is 1.44. The van der Waals surface area contributed by atoms with Crippen molar-refractivity contribution in [1.82, 2.24) is 14.4 Å². The lowest BCUT2D eigenvalue weighted by atomic mass is 9.68. The fourth-order valence-electron chi connectivity index (χ4n) is 6.59. The van der Waals surface area contributed by atoms with Crippen LogP contribution in [0.5, 0.6) is 5.75 Å². The van der Waals surface area contributed by atoms with Gasteiger partial charge in [0.25, 0.3) is 0 Å². The van der Waals surface area contributed by atoms with Crippen LogP contribution < -0.4 is 10.1 Å². The fraction of sp³-hybridized carbons (Fsp3) is 0.467. The van der Waals surface area contributed by atoms with Crippen molar-refractivity contribution >= 4 is 28.5 Å². The molecule has 206 valence electrons. The first-order chi connectivity index (χ1) is 18.8. The number of anilines is 1. The summed E-state index contributed by atoms with van der Waals surface area (Å²) in [5, 5.41) is 14.6. The van der Waals surface area contributed by atoms with E-state index in [1.807, 2.05) is 24.1 Å². The highest BCUT2D eigenvalue weighted by molar-refractivity contribution is 5.92. The molecule has 1 aromatic heterocycles. The van der Waals surface area contributed by atoms with Gasteiger partial charge >= 0.3 is 6.03 Å². The molecule has 8 nitrogen and oxygen atoms in total. The first kappa shape index (κ1) is 25.7. The smallest absolute Gasteiger partial charge is 0.322 e. The number of likely N-dealkylation sites (tertiary alicyclic amines) is 1. The minimum atomic E-state index is -0.566. The fourth-order valence-corrected chi connectivity index (χ4v) is 6.59. The molecule has 3 heterocycles. The maximum Gasteiger partial charge on any atom is 0.322 e. The average molecular weight is 535 g/mol. The number of aryl methyl sites for hydroxylation is 1. The van der Waals surface area contributed by atoms with E-state index in [0.29, 0.717) is 37.7 Å². The summed E-state index contributed by atoms with van der Waals surface area (Å²) in [4.78, 5) is 30.3. The Kier molecular flexibility index (Phi) is 6.49. The molecule has 2 N–H and O–H groups in total. The van der Waals surface area contributed by atoms with Gasteiger partial charge in [-0.15, -0.1) is 0 Å². The molecule has 3 aliphatic rings. The van der Waals surface area contributed by atoms with Crippen molar-refractivity contribution in [2.24, 2.45) is 13.0 Å². The van der Waals surface area contributed by atoms with Gasteiger partial charge in [0.15, 0.2) is 0 Å². The molecule has 0 bridgehead atoms. The van der Waals surface area contributed by atoms with Crippen LogP contribution in [-0.4, -0.2) is 64.8 Å². The van der Waals surface area contributed by atoms with Crippen molar-refractivity contribution in [1.29, 1.82) is 0 Å². The minimum absolute atomic E-state index is 0.227. The SMILES string of the molecule is COc1ccc2c3c(n(C)c2c1)[C@@H](CO)N(C(=O)Nc1ccc(F)cc1)CC31CCN(C(=O)CC2CC2)CC1. The van der Waals surface area contributed by atoms with Crippen LogP contribution in [-0.2, 0) is 17.3 Å². The number of ether oxygens (including phenoxy) is 1. The van der Waals surface area contributed by atoms with E-state index in [-0.39, 0.29) is 29.8 Å². The van der Waals surface area contributed by atoms with Gasteiger partial charge in [0.1, 0.15) is 11.6 Å². The number of rotatable bonds is 5. The highest BCUT2D eigenvalue weighted by Gasteiger charge is 2.50. The van der Waals surface area contributed by atoms with Crippen LogP contribution in [0.1, 0.15) is 49.4 Å². The van der Waals surface area contributed by atoms with Crippen molar-refractivity contribution in [3.05, 3.63) is 59.5 Å².